The topological polar surface area (TPSA) is 181 Å². The molecule has 2 aromatic carbocycles. The van der Waals surface area contributed by atoms with E-state index >= 15 is 0 Å². The van der Waals surface area contributed by atoms with Crippen molar-refractivity contribution in [2.45, 2.75) is 0 Å². The van der Waals surface area contributed by atoms with Crippen LogP contribution in [0.1, 0.15) is 21.0 Å². The number of para-hydroxylation sites is 4. The van der Waals surface area contributed by atoms with Crippen LogP contribution in [0.5, 0.6) is 0 Å². The third-order valence-corrected chi connectivity index (χ3v) is 4.87. The minimum Gasteiger partial charge on any atom is -0.378 e. The van der Waals surface area contributed by atoms with Gasteiger partial charge in [-0.25, -0.2) is 4.98 Å². The number of anilines is 2. The van der Waals surface area contributed by atoms with Gasteiger partial charge >= 0.3 is 0 Å². The van der Waals surface area contributed by atoms with E-state index in [9.17, 15) is 29.8 Å². The van der Waals surface area contributed by atoms with E-state index in [-0.39, 0.29) is 48.9 Å². The Kier molecular flexibility index (Phi) is 8.81. The molecule has 3 aromatic rings. The van der Waals surface area contributed by atoms with Crippen LogP contribution >= 0.6 is 0 Å². The summed E-state index contributed by atoms with van der Waals surface area (Å²) in [6, 6.07) is 16.8. The Morgan fingerprint density at radius 1 is 0.639 bits per heavy atom. The largest absolute Gasteiger partial charge is 0.378 e. The maximum atomic E-state index is 12.4. The minimum atomic E-state index is -0.507. The molecule has 0 fully saturated rings. The van der Waals surface area contributed by atoms with E-state index in [1.165, 1.54) is 30.3 Å². The monoisotopic (exact) mass is 493 g/mol. The Morgan fingerprint density at radius 2 is 1.06 bits per heavy atom. The lowest BCUT2D eigenvalue weighted by molar-refractivity contribution is -0.384. The van der Waals surface area contributed by atoms with Crippen molar-refractivity contribution in [2.24, 2.45) is 0 Å². The normalized spacial score (nSPS) is 10.2. The fourth-order valence-corrected chi connectivity index (χ4v) is 3.18. The van der Waals surface area contributed by atoms with Crippen molar-refractivity contribution in [1.29, 1.82) is 0 Å². The number of rotatable bonds is 12. The predicted octanol–water partition coefficient (Wildman–Crippen LogP) is 2.58. The van der Waals surface area contributed by atoms with E-state index in [1.807, 2.05) is 0 Å². The molecule has 36 heavy (non-hydrogen) atoms. The van der Waals surface area contributed by atoms with Gasteiger partial charge in [-0.05, 0) is 24.3 Å². The number of pyridine rings is 1. The molecular formula is C23H23N7O6. The van der Waals surface area contributed by atoms with Crippen LogP contribution in [0.3, 0.4) is 0 Å². The molecule has 0 aliphatic heterocycles. The maximum absolute atomic E-state index is 12.4. The van der Waals surface area contributed by atoms with Crippen molar-refractivity contribution in [1.82, 2.24) is 15.6 Å². The second-order valence-corrected chi connectivity index (χ2v) is 7.32. The van der Waals surface area contributed by atoms with Gasteiger partial charge in [0, 0.05) is 38.3 Å². The number of hydrogen-bond donors (Lipinski definition) is 4. The van der Waals surface area contributed by atoms with Crippen molar-refractivity contribution in [2.75, 3.05) is 36.8 Å². The van der Waals surface area contributed by atoms with E-state index in [1.54, 1.807) is 36.4 Å². The van der Waals surface area contributed by atoms with Gasteiger partial charge < -0.3 is 21.3 Å². The fourth-order valence-electron chi connectivity index (χ4n) is 3.18. The highest BCUT2D eigenvalue weighted by atomic mass is 16.6. The van der Waals surface area contributed by atoms with Crippen molar-refractivity contribution < 1.29 is 19.4 Å². The van der Waals surface area contributed by atoms with Crippen molar-refractivity contribution in [3.63, 3.8) is 0 Å². The molecule has 1 heterocycles. The number of benzene rings is 2. The summed E-state index contributed by atoms with van der Waals surface area (Å²) in [5, 5.41) is 33.2. The first-order chi connectivity index (χ1) is 17.4. The van der Waals surface area contributed by atoms with Crippen LogP contribution in [0.4, 0.5) is 22.7 Å². The molecule has 0 spiro atoms. The first kappa shape index (κ1) is 25.6. The molecule has 2 amide bonds. The van der Waals surface area contributed by atoms with Crippen LogP contribution in [0.2, 0.25) is 0 Å². The smallest absolute Gasteiger partial charge is 0.292 e. The second kappa shape index (κ2) is 12.4. The van der Waals surface area contributed by atoms with E-state index in [2.05, 4.69) is 26.3 Å². The number of aromatic nitrogens is 1. The number of nitro benzene ring substituents is 2. The van der Waals surface area contributed by atoms with Crippen molar-refractivity contribution in [3.05, 3.63) is 98.3 Å². The standard InChI is InChI=1S/C23H23N7O6/c31-22(26-14-12-24-16-6-1-3-10-20(16)29(33)34)18-8-5-9-19(28-18)23(32)27-15-13-25-17-7-2-4-11-21(17)30(35)36/h1-11,24-25H,12-15H2,(H,26,31)(H,27,32). The number of nitro groups is 2. The molecule has 13 heteroatoms. The molecular weight excluding hydrogens is 470 g/mol. The number of carbonyl (C=O) groups excluding carboxylic acids is 2. The van der Waals surface area contributed by atoms with Crippen molar-refractivity contribution in [3.8, 4) is 0 Å². The summed E-state index contributed by atoms with van der Waals surface area (Å²) in [5.41, 5.74) is 0.607. The zero-order chi connectivity index (χ0) is 25.9. The highest BCUT2D eigenvalue weighted by Gasteiger charge is 2.14. The minimum absolute atomic E-state index is 0.0337. The van der Waals surface area contributed by atoms with Gasteiger partial charge in [0.05, 0.1) is 9.85 Å². The molecule has 0 aliphatic rings. The zero-order valence-electron chi connectivity index (χ0n) is 19.0. The molecule has 0 atom stereocenters. The Labute approximate surface area is 205 Å². The number of carbonyl (C=O) groups is 2. The summed E-state index contributed by atoms with van der Waals surface area (Å²) < 4.78 is 0. The first-order valence-corrected chi connectivity index (χ1v) is 10.8. The van der Waals surface area contributed by atoms with Gasteiger partial charge in [-0.2, -0.15) is 0 Å². The van der Waals surface area contributed by atoms with Crippen LogP contribution in [0.15, 0.2) is 66.7 Å². The van der Waals surface area contributed by atoms with Crippen LogP contribution in [0, 0.1) is 20.2 Å². The summed E-state index contributed by atoms with van der Waals surface area (Å²) in [5.74, 6) is -1.01. The average Bonchev–Trinajstić information content (AvgIpc) is 2.89. The summed E-state index contributed by atoms with van der Waals surface area (Å²) in [4.78, 5) is 50.0. The molecule has 0 saturated carbocycles. The van der Waals surface area contributed by atoms with Gasteiger partial charge in [-0.15, -0.1) is 0 Å². The lowest BCUT2D eigenvalue weighted by Gasteiger charge is -2.10. The lowest BCUT2D eigenvalue weighted by atomic mass is 10.2. The van der Waals surface area contributed by atoms with Gasteiger partial charge in [0.2, 0.25) is 0 Å². The molecule has 186 valence electrons. The van der Waals surface area contributed by atoms with Crippen LogP contribution in [0.25, 0.3) is 0 Å². The zero-order valence-corrected chi connectivity index (χ0v) is 19.0. The summed E-state index contributed by atoms with van der Waals surface area (Å²) in [6.07, 6.45) is 0. The fraction of sp³-hybridized carbons (Fsp3) is 0.174. The Bertz CT molecular complexity index is 1170. The highest BCUT2D eigenvalue weighted by molar-refractivity contribution is 5.96. The third kappa shape index (κ3) is 6.96. The van der Waals surface area contributed by atoms with E-state index in [0.717, 1.165) is 0 Å². The summed E-state index contributed by atoms with van der Waals surface area (Å²) in [6.45, 7) is 0.813. The molecule has 0 aliphatic carbocycles. The molecule has 0 radical (unpaired) electrons. The number of nitrogens with zero attached hydrogens (tertiary/aromatic N) is 3. The number of amides is 2. The quantitative estimate of drug-likeness (QED) is 0.167. The van der Waals surface area contributed by atoms with Gasteiger partial charge in [-0.3, -0.25) is 29.8 Å². The molecule has 0 saturated heterocycles. The second-order valence-electron chi connectivity index (χ2n) is 7.32. The van der Waals surface area contributed by atoms with Crippen LogP contribution in [-0.4, -0.2) is 52.8 Å². The molecule has 3 rings (SSSR count). The third-order valence-electron chi connectivity index (χ3n) is 4.87. The van der Waals surface area contributed by atoms with Crippen LogP contribution in [-0.2, 0) is 0 Å². The highest BCUT2D eigenvalue weighted by Crippen LogP contribution is 2.23. The SMILES string of the molecule is O=C(NCCNc1ccccc1[N+](=O)[O-])c1cccc(C(=O)NCCNc2ccccc2[N+](=O)[O-])n1. The summed E-state index contributed by atoms with van der Waals surface area (Å²) >= 11 is 0. The summed E-state index contributed by atoms with van der Waals surface area (Å²) in [7, 11) is 0. The average molecular weight is 493 g/mol. The first-order valence-electron chi connectivity index (χ1n) is 10.8. The van der Waals surface area contributed by atoms with Gasteiger partial charge in [0.25, 0.3) is 23.2 Å². The van der Waals surface area contributed by atoms with Crippen molar-refractivity contribution >= 4 is 34.6 Å². The molecule has 1 aromatic heterocycles. The number of nitrogens with one attached hydrogen (secondary N) is 4. The molecule has 0 bridgehead atoms. The lowest BCUT2D eigenvalue weighted by Crippen LogP contribution is -2.32. The number of hydrogen-bond acceptors (Lipinski definition) is 9. The van der Waals surface area contributed by atoms with Gasteiger partial charge in [0.15, 0.2) is 0 Å². The van der Waals surface area contributed by atoms with Gasteiger partial charge in [-0.1, -0.05) is 30.3 Å². The predicted molar refractivity (Wildman–Crippen MR) is 132 cm³/mol. The van der Waals surface area contributed by atoms with Crippen LogP contribution < -0.4 is 21.3 Å². The van der Waals surface area contributed by atoms with E-state index in [0.29, 0.717) is 11.4 Å². The molecule has 4 N–H and O–H groups in total. The Morgan fingerprint density at radius 3 is 1.47 bits per heavy atom. The van der Waals surface area contributed by atoms with E-state index < -0.39 is 21.7 Å². The molecule has 13 nitrogen and oxygen atoms in total. The molecule has 0 unspecified atom stereocenters. The maximum Gasteiger partial charge on any atom is 0.292 e. The van der Waals surface area contributed by atoms with Gasteiger partial charge in [0.1, 0.15) is 22.8 Å². The Balaban J connectivity index is 1.46. The van der Waals surface area contributed by atoms with E-state index in [4.69, 9.17) is 0 Å². The Hall–Kier alpha value is -5.07.